The first-order valence-electron chi connectivity index (χ1n) is 5.90. The fraction of sp³-hybridized carbons (Fsp3) is 0.143. The van der Waals surface area contributed by atoms with E-state index in [1.807, 2.05) is 17.5 Å². The highest BCUT2D eigenvalue weighted by atomic mass is 32.2. The third-order valence-electron chi connectivity index (χ3n) is 2.53. The Balaban J connectivity index is 1.95. The Hall–Kier alpha value is -1.79. The zero-order chi connectivity index (χ0) is 14.4. The number of benzene rings is 1. The molecule has 6 heteroatoms. The topological polar surface area (TPSA) is 66.4 Å². The van der Waals surface area contributed by atoms with E-state index in [0.29, 0.717) is 5.56 Å². The molecule has 2 N–H and O–H groups in total. The summed E-state index contributed by atoms with van der Waals surface area (Å²) in [5.74, 6) is -1.15. The van der Waals surface area contributed by atoms with Gasteiger partial charge in [-0.3, -0.25) is 4.79 Å². The number of aliphatic carboxylic acids is 1. The highest BCUT2D eigenvalue weighted by Gasteiger charge is 2.21. The van der Waals surface area contributed by atoms with Crippen molar-refractivity contribution in [2.75, 3.05) is 5.75 Å². The maximum atomic E-state index is 11.8. The third-order valence-corrected chi connectivity index (χ3v) is 4.66. The summed E-state index contributed by atoms with van der Waals surface area (Å²) in [4.78, 5) is 23.1. The predicted octanol–water partition coefficient (Wildman–Crippen LogP) is 2.78. The maximum absolute atomic E-state index is 11.8. The van der Waals surface area contributed by atoms with Gasteiger partial charge >= 0.3 is 5.97 Å². The first-order valence-corrected chi connectivity index (χ1v) is 7.77. The van der Waals surface area contributed by atoms with Crippen molar-refractivity contribution in [3.8, 4) is 0 Å². The van der Waals surface area contributed by atoms with Crippen LogP contribution in [-0.4, -0.2) is 22.7 Å². The zero-order valence-corrected chi connectivity index (χ0v) is 12.1. The molecule has 0 radical (unpaired) electrons. The van der Waals surface area contributed by atoms with Crippen molar-refractivity contribution in [3.63, 3.8) is 0 Å². The molecule has 0 aliphatic heterocycles. The Morgan fingerprint density at radius 1 is 1.20 bits per heavy atom. The molecule has 0 saturated heterocycles. The van der Waals surface area contributed by atoms with Crippen molar-refractivity contribution in [2.24, 2.45) is 0 Å². The van der Waals surface area contributed by atoms with Crippen LogP contribution in [0.25, 0.3) is 0 Å². The Bertz CT molecular complexity index is 569. The molecule has 0 bridgehead atoms. The number of hydrogen-bond acceptors (Lipinski definition) is 4. The summed E-state index contributed by atoms with van der Waals surface area (Å²) in [5.41, 5.74) is 0.564. The lowest BCUT2D eigenvalue weighted by atomic mass is 10.1. The number of rotatable bonds is 6. The lowest BCUT2D eigenvalue weighted by molar-refractivity contribution is -0.141. The number of carbonyl (C=O) groups is 2. The van der Waals surface area contributed by atoms with Crippen LogP contribution in [-0.2, 0) is 9.59 Å². The molecule has 0 spiro atoms. The molecule has 0 aliphatic carbocycles. The smallest absolute Gasteiger partial charge is 0.330 e. The molecule has 104 valence electrons. The van der Waals surface area contributed by atoms with Crippen LogP contribution in [0.3, 0.4) is 0 Å². The van der Waals surface area contributed by atoms with Crippen molar-refractivity contribution in [2.45, 2.75) is 10.3 Å². The Morgan fingerprint density at radius 3 is 2.55 bits per heavy atom. The molecular formula is C14H13NO3S2. The average Bonchev–Trinajstić information content (AvgIpc) is 2.96. The quantitative estimate of drug-likeness (QED) is 0.805. The first-order chi connectivity index (χ1) is 9.66. The van der Waals surface area contributed by atoms with Gasteiger partial charge in [0.25, 0.3) is 0 Å². The van der Waals surface area contributed by atoms with Crippen LogP contribution < -0.4 is 5.32 Å². The molecule has 2 aromatic rings. The minimum atomic E-state index is -1.06. The molecule has 1 aromatic carbocycles. The van der Waals surface area contributed by atoms with Crippen molar-refractivity contribution in [3.05, 3.63) is 53.4 Å². The molecule has 4 nitrogen and oxygen atoms in total. The van der Waals surface area contributed by atoms with E-state index in [0.717, 1.165) is 4.21 Å². The van der Waals surface area contributed by atoms with E-state index in [1.165, 1.54) is 11.8 Å². The number of amides is 1. The molecule has 1 atom stereocenters. The van der Waals surface area contributed by atoms with Gasteiger partial charge in [0, 0.05) is 0 Å². The van der Waals surface area contributed by atoms with Gasteiger partial charge in [-0.1, -0.05) is 36.4 Å². The van der Waals surface area contributed by atoms with Crippen LogP contribution in [0.1, 0.15) is 11.6 Å². The van der Waals surface area contributed by atoms with Crippen molar-refractivity contribution < 1.29 is 14.7 Å². The van der Waals surface area contributed by atoms with Gasteiger partial charge in [-0.25, -0.2) is 4.79 Å². The summed E-state index contributed by atoms with van der Waals surface area (Å²) in [6.07, 6.45) is 0. The fourth-order valence-corrected chi connectivity index (χ4v) is 3.21. The number of carbonyl (C=O) groups excluding carboxylic acids is 1. The van der Waals surface area contributed by atoms with Crippen LogP contribution in [0.4, 0.5) is 0 Å². The number of thiophene rings is 1. The van der Waals surface area contributed by atoms with Crippen molar-refractivity contribution in [1.29, 1.82) is 0 Å². The highest BCUT2D eigenvalue weighted by Crippen LogP contribution is 2.23. The van der Waals surface area contributed by atoms with Gasteiger partial charge in [0.05, 0.1) is 9.96 Å². The molecule has 0 fully saturated rings. The van der Waals surface area contributed by atoms with Crippen molar-refractivity contribution >= 4 is 35.0 Å². The minimum absolute atomic E-state index is 0.205. The van der Waals surface area contributed by atoms with E-state index in [-0.39, 0.29) is 11.7 Å². The lowest BCUT2D eigenvalue weighted by Crippen LogP contribution is -2.34. The van der Waals surface area contributed by atoms with E-state index >= 15 is 0 Å². The van der Waals surface area contributed by atoms with Gasteiger partial charge in [-0.05, 0) is 17.0 Å². The lowest BCUT2D eigenvalue weighted by Gasteiger charge is -2.14. The molecule has 2 rings (SSSR count). The average molecular weight is 307 g/mol. The second-order valence-electron chi connectivity index (χ2n) is 3.97. The van der Waals surface area contributed by atoms with Gasteiger partial charge in [-0.2, -0.15) is 0 Å². The van der Waals surface area contributed by atoms with Crippen LogP contribution >= 0.6 is 23.1 Å². The molecule has 1 aromatic heterocycles. The summed E-state index contributed by atoms with van der Waals surface area (Å²) in [7, 11) is 0. The number of thioether (sulfide) groups is 1. The molecule has 1 heterocycles. The summed E-state index contributed by atoms with van der Waals surface area (Å²) < 4.78 is 1.03. The van der Waals surface area contributed by atoms with E-state index in [1.54, 1.807) is 41.7 Å². The van der Waals surface area contributed by atoms with E-state index in [4.69, 9.17) is 0 Å². The van der Waals surface area contributed by atoms with Crippen LogP contribution in [0.2, 0.25) is 0 Å². The third kappa shape index (κ3) is 4.11. The number of carboxylic acids is 1. The van der Waals surface area contributed by atoms with Crippen LogP contribution in [0.5, 0.6) is 0 Å². The summed E-state index contributed by atoms with van der Waals surface area (Å²) >= 11 is 2.95. The Morgan fingerprint density at radius 2 is 1.95 bits per heavy atom. The molecule has 20 heavy (non-hydrogen) atoms. The van der Waals surface area contributed by atoms with Gasteiger partial charge in [-0.15, -0.1) is 23.1 Å². The van der Waals surface area contributed by atoms with Gasteiger partial charge in [0.15, 0.2) is 6.04 Å². The van der Waals surface area contributed by atoms with Crippen LogP contribution in [0, 0.1) is 0 Å². The maximum Gasteiger partial charge on any atom is 0.330 e. The number of nitrogens with one attached hydrogen (secondary N) is 1. The second-order valence-corrected chi connectivity index (χ2v) is 6.19. The molecule has 0 aliphatic rings. The van der Waals surface area contributed by atoms with E-state index in [2.05, 4.69) is 5.32 Å². The highest BCUT2D eigenvalue weighted by molar-refractivity contribution is 8.01. The van der Waals surface area contributed by atoms with Gasteiger partial charge in [0.1, 0.15) is 0 Å². The summed E-state index contributed by atoms with van der Waals surface area (Å²) in [5, 5.41) is 13.7. The predicted molar refractivity (Wildman–Crippen MR) is 80.0 cm³/mol. The number of hydrogen-bond donors (Lipinski definition) is 2. The van der Waals surface area contributed by atoms with E-state index < -0.39 is 12.0 Å². The summed E-state index contributed by atoms with van der Waals surface area (Å²) in [6.45, 7) is 0. The monoisotopic (exact) mass is 307 g/mol. The Kier molecular flexibility index (Phi) is 5.20. The summed E-state index contributed by atoms with van der Waals surface area (Å²) in [6, 6.07) is 11.5. The normalized spacial score (nSPS) is 11.8. The second kappa shape index (κ2) is 7.12. The fourth-order valence-electron chi connectivity index (χ4n) is 1.62. The van der Waals surface area contributed by atoms with Crippen molar-refractivity contribution in [1.82, 2.24) is 5.32 Å². The largest absolute Gasteiger partial charge is 0.479 e. The minimum Gasteiger partial charge on any atom is -0.479 e. The molecular weight excluding hydrogens is 294 g/mol. The molecule has 0 saturated carbocycles. The number of carboxylic acid groups (broad SMARTS) is 1. The van der Waals surface area contributed by atoms with Gasteiger partial charge < -0.3 is 10.4 Å². The van der Waals surface area contributed by atoms with E-state index in [9.17, 15) is 14.7 Å². The standard InChI is InChI=1S/C14H13NO3S2/c16-11(9-20-12-7-4-8-19-12)15-13(14(17)18)10-5-2-1-3-6-10/h1-8,13H,9H2,(H,15,16)(H,17,18)/t13-/m0/s1. The SMILES string of the molecule is O=C(CSc1cccs1)N[C@H](C(=O)O)c1ccccc1. The zero-order valence-electron chi connectivity index (χ0n) is 10.5. The van der Waals surface area contributed by atoms with Crippen LogP contribution in [0.15, 0.2) is 52.1 Å². The molecule has 0 unspecified atom stereocenters. The Labute approximate surface area is 124 Å². The van der Waals surface area contributed by atoms with Gasteiger partial charge in [0.2, 0.25) is 5.91 Å². The molecule has 1 amide bonds. The first kappa shape index (κ1) is 14.6.